The summed E-state index contributed by atoms with van der Waals surface area (Å²) < 4.78 is 4.77. The van der Waals surface area contributed by atoms with E-state index in [1.165, 1.54) is 6.42 Å². The summed E-state index contributed by atoms with van der Waals surface area (Å²) in [4.78, 5) is 11.3. The van der Waals surface area contributed by atoms with Crippen LogP contribution in [-0.4, -0.2) is 28.2 Å². The van der Waals surface area contributed by atoms with E-state index >= 15 is 0 Å². The molecule has 0 aromatic carbocycles. The summed E-state index contributed by atoms with van der Waals surface area (Å²) in [7, 11) is 0. The third kappa shape index (κ3) is 1.26. The van der Waals surface area contributed by atoms with Crippen LogP contribution in [0.1, 0.15) is 12.8 Å². The van der Waals surface area contributed by atoms with Gasteiger partial charge in [-0.25, -0.2) is 4.79 Å². The Hall–Kier alpha value is 0.170. The molecule has 4 heteroatoms. The Morgan fingerprint density at radius 1 is 1.36 bits per heavy atom. The van der Waals surface area contributed by atoms with Crippen LogP contribution in [-0.2, 0) is 9.53 Å². The van der Waals surface area contributed by atoms with E-state index in [0.717, 1.165) is 17.9 Å². The molecule has 0 aromatic rings. The Morgan fingerprint density at radius 3 is 2.64 bits per heavy atom. The molecule has 2 saturated heterocycles. The van der Waals surface area contributed by atoms with E-state index in [-0.39, 0.29) is 10.0 Å². The van der Waals surface area contributed by atoms with Gasteiger partial charge in [-0.1, -0.05) is 0 Å². The Kier molecular flexibility index (Phi) is 2.06. The molecule has 0 unspecified atom stereocenters. The first-order valence-corrected chi connectivity index (χ1v) is 5.76. The van der Waals surface area contributed by atoms with Crippen LogP contribution in [0, 0.1) is 0 Å². The second kappa shape index (κ2) is 2.90. The van der Waals surface area contributed by atoms with Gasteiger partial charge in [0.05, 0.1) is 6.61 Å². The van der Waals surface area contributed by atoms with Gasteiger partial charge in [-0.2, -0.15) is 0 Å². The van der Waals surface area contributed by atoms with Gasteiger partial charge in [0, 0.05) is 6.42 Å². The molecule has 0 atom stereocenters. The first kappa shape index (κ1) is 7.80. The zero-order valence-corrected chi connectivity index (χ0v) is 7.80. The summed E-state index contributed by atoms with van der Waals surface area (Å²) in [5.74, 6) is 2.23. The molecule has 2 fully saturated rings. The first-order valence-electron chi connectivity index (χ1n) is 3.79. The molecule has 0 amide bonds. The van der Waals surface area contributed by atoms with Gasteiger partial charge in [0.2, 0.25) is 0 Å². The fraction of sp³-hybridized carbons (Fsp3) is 0.857. The second-order valence-corrected chi connectivity index (χ2v) is 5.74. The van der Waals surface area contributed by atoms with Crippen molar-refractivity contribution in [2.75, 3.05) is 18.1 Å². The normalized spacial score (nSPS) is 28.9. The van der Waals surface area contributed by atoms with Crippen molar-refractivity contribution in [1.82, 2.24) is 0 Å². The molecule has 0 N–H and O–H groups in total. The molecule has 0 bridgehead atoms. The van der Waals surface area contributed by atoms with Gasteiger partial charge >= 0.3 is 5.97 Å². The molecule has 62 valence electrons. The number of hydrogen-bond acceptors (Lipinski definition) is 4. The summed E-state index contributed by atoms with van der Waals surface area (Å²) in [5, 5.41) is 0. The number of rotatable bonds is 0. The Labute approximate surface area is 74.4 Å². The zero-order valence-electron chi connectivity index (χ0n) is 6.17. The van der Waals surface area contributed by atoms with Crippen LogP contribution in [0.5, 0.6) is 0 Å². The minimum Gasteiger partial charge on any atom is -0.464 e. The van der Waals surface area contributed by atoms with Crippen molar-refractivity contribution >= 4 is 29.5 Å². The fourth-order valence-electron chi connectivity index (χ4n) is 1.33. The van der Waals surface area contributed by atoms with Crippen LogP contribution >= 0.6 is 23.5 Å². The zero-order chi connectivity index (χ0) is 7.73. The van der Waals surface area contributed by atoms with Crippen LogP contribution in [0.15, 0.2) is 0 Å². The Morgan fingerprint density at radius 2 is 2.09 bits per heavy atom. The molecule has 2 aliphatic rings. The molecule has 11 heavy (non-hydrogen) atoms. The van der Waals surface area contributed by atoms with Crippen LogP contribution in [0.3, 0.4) is 0 Å². The molecule has 1 spiro atoms. The molecular weight excluding hydrogens is 180 g/mol. The van der Waals surface area contributed by atoms with Crippen LogP contribution in [0.4, 0.5) is 0 Å². The lowest BCUT2D eigenvalue weighted by Gasteiger charge is -2.27. The monoisotopic (exact) mass is 190 g/mol. The number of esters is 1. The molecular formula is C7H10O2S2. The van der Waals surface area contributed by atoms with Gasteiger partial charge < -0.3 is 4.74 Å². The summed E-state index contributed by atoms with van der Waals surface area (Å²) in [6.45, 7) is 0.624. The van der Waals surface area contributed by atoms with Crippen molar-refractivity contribution in [3.63, 3.8) is 0 Å². The van der Waals surface area contributed by atoms with E-state index in [9.17, 15) is 4.79 Å². The van der Waals surface area contributed by atoms with E-state index < -0.39 is 0 Å². The van der Waals surface area contributed by atoms with Crippen molar-refractivity contribution in [2.24, 2.45) is 0 Å². The van der Waals surface area contributed by atoms with Crippen molar-refractivity contribution in [3.8, 4) is 0 Å². The second-order valence-electron chi connectivity index (χ2n) is 2.69. The van der Waals surface area contributed by atoms with E-state index in [4.69, 9.17) is 4.74 Å². The highest BCUT2D eigenvalue weighted by Gasteiger charge is 2.46. The quantitative estimate of drug-likeness (QED) is 0.541. The predicted molar refractivity (Wildman–Crippen MR) is 47.8 cm³/mol. The molecule has 2 heterocycles. The lowest BCUT2D eigenvalue weighted by Crippen LogP contribution is -2.29. The third-order valence-corrected chi connectivity index (χ3v) is 5.30. The van der Waals surface area contributed by atoms with Gasteiger partial charge in [-0.3, -0.25) is 0 Å². The van der Waals surface area contributed by atoms with E-state index in [1.807, 2.05) is 0 Å². The highest BCUT2D eigenvalue weighted by molar-refractivity contribution is 8.19. The number of carbonyl (C=O) groups is 1. The van der Waals surface area contributed by atoms with Crippen molar-refractivity contribution in [3.05, 3.63) is 0 Å². The van der Waals surface area contributed by atoms with Gasteiger partial charge in [-0.05, 0) is 17.9 Å². The van der Waals surface area contributed by atoms with Gasteiger partial charge in [0.15, 0.2) is 4.08 Å². The number of cyclic esters (lactones) is 1. The number of carbonyl (C=O) groups excluding carboxylic acids is 1. The lowest BCUT2D eigenvalue weighted by atomic mass is 10.3. The molecule has 0 saturated carbocycles. The van der Waals surface area contributed by atoms with Gasteiger partial charge in [0.25, 0.3) is 0 Å². The highest BCUT2D eigenvalue weighted by Crippen LogP contribution is 2.48. The summed E-state index contributed by atoms with van der Waals surface area (Å²) in [6.07, 6.45) is 2.13. The minimum atomic E-state index is -0.196. The topological polar surface area (TPSA) is 26.3 Å². The Bertz CT molecular complexity index is 175. The number of hydrogen-bond donors (Lipinski definition) is 0. The SMILES string of the molecule is O=C1OCCC12SCCCS2. The van der Waals surface area contributed by atoms with Crippen molar-refractivity contribution in [1.29, 1.82) is 0 Å². The summed E-state index contributed by atoms with van der Waals surface area (Å²) in [6, 6.07) is 0. The van der Waals surface area contributed by atoms with Crippen LogP contribution < -0.4 is 0 Å². The molecule has 2 nitrogen and oxygen atoms in total. The van der Waals surface area contributed by atoms with E-state index in [1.54, 1.807) is 23.5 Å². The molecule has 0 aromatic heterocycles. The number of thioether (sulfide) groups is 2. The Balaban J connectivity index is 2.12. The van der Waals surface area contributed by atoms with Crippen LogP contribution in [0.25, 0.3) is 0 Å². The largest absolute Gasteiger partial charge is 0.464 e. The average molecular weight is 190 g/mol. The fourth-order valence-corrected chi connectivity index (χ4v) is 4.39. The summed E-state index contributed by atoms with van der Waals surface area (Å²) >= 11 is 3.54. The molecule has 0 aliphatic carbocycles. The van der Waals surface area contributed by atoms with Crippen molar-refractivity contribution in [2.45, 2.75) is 16.9 Å². The third-order valence-electron chi connectivity index (χ3n) is 1.93. The lowest BCUT2D eigenvalue weighted by molar-refractivity contribution is -0.138. The average Bonchev–Trinajstić information content (AvgIpc) is 2.36. The van der Waals surface area contributed by atoms with Crippen molar-refractivity contribution < 1.29 is 9.53 Å². The van der Waals surface area contributed by atoms with Crippen LogP contribution in [0.2, 0.25) is 0 Å². The molecule has 2 aliphatic heterocycles. The summed E-state index contributed by atoms with van der Waals surface area (Å²) in [5.41, 5.74) is 0. The maximum absolute atomic E-state index is 11.3. The van der Waals surface area contributed by atoms with Gasteiger partial charge in [0.1, 0.15) is 0 Å². The smallest absolute Gasteiger partial charge is 0.332 e. The minimum absolute atomic E-state index is 0.00667. The maximum atomic E-state index is 11.3. The van der Waals surface area contributed by atoms with E-state index in [2.05, 4.69) is 0 Å². The molecule has 2 rings (SSSR count). The van der Waals surface area contributed by atoms with E-state index in [0.29, 0.717) is 6.61 Å². The first-order chi connectivity index (χ1) is 5.33. The highest BCUT2D eigenvalue weighted by atomic mass is 32.2. The van der Waals surface area contributed by atoms with Gasteiger partial charge in [-0.15, -0.1) is 23.5 Å². The number of ether oxygens (including phenoxy) is 1. The maximum Gasteiger partial charge on any atom is 0.332 e. The molecule has 0 radical (unpaired) electrons. The standard InChI is InChI=1S/C7H10O2S2/c8-6-7(2-3-9-6)10-4-1-5-11-7/h1-5H2. The predicted octanol–water partition coefficient (Wildman–Crippen LogP) is 1.50.